The number of carbonyl (C=O) groups is 3. The molecule has 3 aromatic rings. The van der Waals surface area contributed by atoms with Gasteiger partial charge in [-0.3, -0.25) is 14.4 Å². The average Bonchev–Trinajstić information content (AvgIpc) is 3.18. The van der Waals surface area contributed by atoms with E-state index in [9.17, 15) is 14.4 Å². The quantitative estimate of drug-likeness (QED) is 0.0308. The van der Waals surface area contributed by atoms with E-state index in [1.54, 1.807) is 0 Å². The number of hydrogen-bond acceptors (Lipinski definition) is 6. The van der Waals surface area contributed by atoms with E-state index in [0.29, 0.717) is 25.9 Å². The molecule has 3 aromatic carbocycles. The molecule has 0 heterocycles. The summed E-state index contributed by atoms with van der Waals surface area (Å²) in [5.74, 6) is -1.06. The molecule has 0 saturated heterocycles. The van der Waals surface area contributed by atoms with Gasteiger partial charge in [0.1, 0.15) is 19.8 Å². The third-order valence-corrected chi connectivity index (χ3v) is 9.89. The van der Waals surface area contributed by atoms with Crippen LogP contribution in [0.1, 0.15) is 152 Å². The van der Waals surface area contributed by atoms with Crippen molar-refractivity contribution in [3.8, 4) is 0 Å². The molecule has 0 N–H and O–H groups in total. The van der Waals surface area contributed by atoms with Crippen LogP contribution in [0.4, 0.5) is 0 Å². The van der Waals surface area contributed by atoms with E-state index < -0.39 is 17.4 Å². The zero-order chi connectivity index (χ0) is 37.0. The molecule has 0 unspecified atom stereocenters. The third kappa shape index (κ3) is 17.5. The van der Waals surface area contributed by atoms with Gasteiger partial charge in [0, 0.05) is 6.42 Å². The Kier molecular flexibility index (Phi) is 21.9. The van der Waals surface area contributed by atoms with Gasteiger partial charge in [0.15, 0.2) is 5.41 Å². The lowest BCUT2D eigenvalue weighted by Crippen LogP contribution is -2.42. The predicted octanol–water partition coefficient (Wildman–Crippen LogP) is 12.0. The molecule has 0 aromatic heterocycles. The van der Waals surface area contributed by atoms with E-state index >= 15 is 0 Å². The lowest BCUT2D eigenvalue weighted by atomic mass is 9.77. The highest BCUT2D eigenvalue weighted by atomic mass is 16.6. The van der Waals surface area contributed by atoms with Crippen LogP contribution in [-0.2, 0) is 48.4 Å². The summed E-state index contributed by atoms with van der Waals surface area (Å²) in [6, 6.07) is 29.1. The van der Waals surface area contributed by atoms with Crippen LogP contribution >= 0.6 is 0 Å². The van der Waals surface area contributed by atoms with Gasteiger partial charge in [0.05, 0.1) is 0 Å². The van der Waals surface area contributed by atoms with Crippen LogP contribution in [0.3, 0.4) is 0 Å². The van der Waals surface area contributed by atoms with Gasteiger partial charge in [0.2, 0.25) is 0 Å². The van der Waals surface area contributed by atoms with E-state index in [4.69, 9.17) is 14.2 Å². The third-order valence-electron chi connectivity index (χ3n) is 9.89. The molecule has 0 aliphatic heterocycles. The van der Waals surface area contributed by atoms with Crippen molar-refractivity contribution in [1.29, 1.82) is 0 Å². The van der Waals surface area contributed by atoms with Gasteiger partial charge in [-0.2, -0.15) is 0 Å². The van der Waals surface area contributed by atoms with Crippen molar-refractivity contribution in [1.82, 2.24) is 0 Å². The Bertz CT molecular complexity index is 1300. The number of ether oxygens (including phenoxy) is 3. The molecule has 0 aliphatic carbocycles. The molecule has 52 heavy (non-hydrogen) atoms. The van der Waals surface area contributed by atoms with Crippen LogP contribution in [-0.4, -0.2) is 17.9 Å². The van der Waals surface area contributed by atoms with Crippen molar-refractivity contribution in [2.45, 2.75) is 155 Å². The first kappa shape index (κ1) is 42.5. The summed E-state index contributed by atoms with van der Waals surface area (Å²) in [7, 11) is 0. The maximum Gasteiger partial charge on any atom is 0.323 e. The van der Waals surface area contributed by atoms with Crippen molar-refractivity contribution in [3.05, 3.63) is 108 Å². The number of carbonyl (C=O) groups excluding carboxylic acids is 3. The summed E-state index contributed by atoms with van der Waals surface area (Å²) in [6.45, 7) is 2.84. The standard InChI is InChI=1S/C46H64O6/c1-2-3-4-5-6-8-11-14-26-35-46(44(48)51-38-41-30-21-17-22-31-41,45(49)52-39-42-32-23-18-24-33-42)36-27-15-12-9-7-10-13-25-34-43(47)50-37-40-28-19-16-20-29-40/h16-24,28-33H,2-15,25-27,34-39H2,1H3. The second-order valence-corrected chi connectivity index (χ2v) is 14.3. The topological polar surface area (TPSA) is 78.9 Å². The highest BCUT2D eigenvalue weighted by molar-refractivity contribution is 6.00. The van der Waals surface area contributed by atoms with Gasteiger partial charge in [0.25, 0.3) is 0 Å². The Morgan fingerprint density at radius 3 is 1.13 bits per heavy atom. The van der Waals surface area contributed by atoms with E-state index in [1.807, 2.05) is 91.0 Å². The fraction of sp³-hybridized carbons (Fsp3) is 0.543. The molecule has 3 rings (SSSR count). The average molecular weight is 713 g/mol. The van der Waals surface area contributed by atoms with E-state index in [2.05, 4.69) is 6.92 Å². The number of hydrogen-bond donors (Lipinski definition) is 0. The van der Waals surface area contributed by atoms with E-state index in [0.717, 1.165) is 87.3 Å². The summed E-state index contributed by atoms with van der Waals surface area (Å²) in [5.41, 5.74) is 1.48. The van der Waals surface area contributed by atoms with Crippen LogP contribution in [0.5, 0.6) is 0 Å². The van der Waals surface area contributed by atoms with E-state index in [-0.39, 0.29) is 19.2 Å². The molecule has 0 aliphatic rings. The van der Waals surface area contributed by atoms with Gasteiger partial charge in [-0.15, -0.1) is 0 Å². The normalized spacial score (nSPS) is 11.2. The lowest BCUT2D eigenvalue weighted by Gasteiger charge is -2.30. The van der Waals surface area contributed by atoms with Gasteiger partial charge in [-0.05, 0) is 36.0 Å². The van der Waals surface area contributed by atoms with Gasteiger partial charge >= 0.3 is 17.9 Å². The highest BCUT2D eigenvalue weighted by Crippen LogP contribution is 2.36. The second kappa shape index (κ2) is 26.8. The zero-order valence-corrected chi connectivity index (χ0v) is 31.9. The minimum atomic E-state index is -1.32. The van der Waals surface area contributed by atoms with E-state index in [1.165, 1.54) is 38.5 Å². The summed E-state index contributed by atoms with van der Waals surface area (Å²) in [4.78, 5) is 40.2. The molecule has 0 bridgehead atoms. The molecule has 0 radical (unpaired) electrons. The molecular formula is C46H64O6. The number of rotatable bonds is 29. The molecule has 0 saturated carbocycles. The van der Waals surface area contributed by atoms with Crippen LogP contribution < -0.4 is 0 Å². The molecule has 0 fully saturated rings. The number of unbranched alkanes of at least 4 members (excludes halogenated alkanes) is 15. The fourth-order valence-corrected chi connectivity index (χ4v) is 6.64. The summed E-state index contributed by atoms with van der Waals surface area (Å²) in [5, 5.41) is 0. The Hall–Kier alpha value is -3.93. The maximum absolute atomic E-state index is 14.0. The Balaban J connectivity index is 1.50. The van der Waals surface area contributed by atoms with Crippen LogP contribution in [0.15, 0.2) is 91.0 Å². The summed E-state index contributed by atoms with van der Waals surface area (Å²) in [6.07, 6.45) is 19.6. The first-order valence-corrected chi connectivity index (χ1v) is 20.2. The molecule has 0 atom stereocenters. The Labute approximate surface area is 314 Å². The van der Waals surface area contributed by atoms with Crippen LogP contribution in [0, 0.1) is 5.41 Å². The van der Waals surface area contributed by atoms with Gasteiger partial charge in [-0.25, -0.2) is 0 Å². The lowest BCUT2D eigenvalue weighted by molar-refractivity contribution is -0.176. The Morgan fingerprint density at radius 1 is 0.423 bits per heavy atom. The van der Waals surface area contributed by atoms with Crippen LogP contribution in [0.2, 0.25) is 0 Å². The highest BCUT2D eigenvalue weighted by Gasteiger charge is 2.48. The minimum absolute atomic E-state index is 0.135. The van der Waals surface area contributed by atoms with Crippen molar-refractivity contribution in [3.63, 3.8) is 0 Å². The van der Waals surface area contributed by atoms with Crippen molar-refractivity contribution < 1.29 is 28.6 Å². The molecule has 284 valence electrons. The molecule has 0 spiro atoms. The number of esters is 3. The van der Waals surface area contributed by atoms with Crippen molar-refractivity contribution >= 4 is 17.9 Å². The molecule has 6 nitrogen and oxygen atoms in total. The van der Waals surface area contributed by atoms with Crippen molar-refractivity contribution in [2.75, 3.05) is 0 Å². The first-order valence-electron chi connectivity index (χ1n) is 20.2. The SMILES string of the molecule is CCCCCCCCCCCC(CCCCCCCCCCC(=O)OCc1ccccc1)(C(=O)OCc1ccccc1)C(=O)OCc1ccccc1. The predicted molar refractivity (Wildman–Crippen MR) is 209 cm³/mol. The maximum atomic E-state index is 14.0. The Morgan fingerprint density at radius 2 is 0.750 bits per heavy atom. The van der Waals surface area contributed by atoms with Crippen molar-refractivity contribution in [2.24, 2.45) is 5.41 Å². The van der Waals surface area contributed by atoms with Crippen LogP contribution in [0.25, 0.3) is 0 Å². The molecule has 6 heteroatoms. The number of benzene rings is 3. The summed E-state index contributed by atoms with van der Waals surface area (Å²) >= 11 is 0. The largest absolute Gasteiger partial charge is 0.461 e. The monoisotopic (exact) mass is 712 g/mol. The first-order chi connectivity index (χ1) is 25.5. The van der Waals surface area contributed by atoms with Gasteiger partial charge < -0.3 is 14.2 Å². The smallest absolute Gasteiger partial charge is 0.323 e. The molecular weight excluding hydrogens is 649 g/mol. The minimum Gasteiger partial charge on any atom is -0.461 e. The second-order valence-electron chi connectivity index (χ2n) is 14.3. The molecule has 0 amide bonds. The fourth-order valence-electron chi connectivity index (χ4n) is 6.64. The summed E-state index contributed by atoms with van der Waals surface area (Å²) < 4.78 is 17.2. The zero-order valence-electron chi connectivity index (χ0n) is 31.9. The van der Waals surface area contributed by atoms with Gasteiger partial charge in [-0.1, -0.05) is 201 Å².